The van der Waals surface area contributed by atoms with Gasteiger partial charge in [0, 0.05) is 32.6 Å². The quantitative estimate of drug-likeness (QED) is 0.539. The molecule has 0 aliphatic rings. The molecular weight excluding hydrogens is 354 g/mol. The molecule has 4 aromatic rings. The van der Waals surface area contributed by atoms with E-state index in [1.54, 1.807) is 6.20 Å². The van der Waals surface area contributed by atoms with Crippen LogP contribution in [0, 0.1) is 0 Å². The highest BCUT2D eigenvalue weighted by atomic mass is 79.9. The molecule has 0 spiro atoms. The second kappa shape index (κ2) is 5.52. The number of H-pyrrole nitrogens is 1. The third-order valence-electron chi connectivity index (χ3n) is 3.75. The Morgan fingerprint density at radius 3 is 2.61 bits per heavy atom. The number of nitrogens with one attached hydrogen (secondary N) is 2. The molecule has 2 aromatic carbocycles. The number of carbonyl (C=O) groups is 1. The van der Waals surface area contributed by atoms with Crippen LogP contribution >= 0.6 is 15.9 Å². The predicted molar refractivity (Wildman–Crippen MR) is 95.7 cm³/mol. The summed E-state index contributed by atoms with van der Waals surface area (Å²) < 4.78 is 0.964. The van der Waals surface area contributed by atoms with Gasteiger partial charge in [-0.2, -0.15) is 0 Å². The first-order chi connectivity index (χ1) is 11.2. The van der Waals surface area contributed by atoms with Crippen molar-refractivity contribution in [1.29, 1.82) is 0 Å². The fourth-order valence-electron chi connectivity index (χ4n) is 2.67. The van der Waals surface area contributed by atoms with Gasteiger partial charge in [0.15, 0.2) is 5.69 Å². The van der Waals surface area contributed by atoms with Crippen LogP contribution in [0.1, 0.15) is 10.5 Å². The standard InChI is InChI=1S/C18H12BrN3O/c19-11-5-7-12(8-6-11)21-18(23)17-16-14(9-10-20-17)13-3-1-2-4-15(13)22-16/h1-10,22H,(H,21,23). The molecule has 0 aliphatic carbocycles. The van der Waals surface area contributed by atoms with Crippen LogP contribution < -0.4 is 5.32 Å². The van der Waals surface area contributed by atoms with Crippen LogP contribution in [0.15, 0.2) is 65.3 Å². The number of carbonyl (C=O) groups excluding carboxylic acids is 1. The molecule has 2 heterocycles. The number of halogens is 1. The minimum atomic E-state index is -0.232. The van der Waals surface area contributed by atoms with Crippen molar-refractivity contribution in [3.8, 4) is 0 Å². The average molecular weight is 366 g/mol. The first-order valence-corrected chi connectivity index (χ1v) is 7.94. The Kier molecular flexibility index (Phi) is 3.35. The Bertz CT molecular complexity index is 1020. The number of pyridine rings is 1. The van der Waals surface area contributed by atoms with E-state index in [-0.39, 0.29) is 5.91 Å². The average Bonchev–Trinajstić information content (AvgIpc) is 2.95. The Balaban J connectivity index is 1.78. The fourth-order valence-corrected chi connectivity index (χ4v) is 2.93. The van der Waals surface area contributed by atoms with Gasteiger partial charge in [0.1, 0.15) is 0 Å². The van der Waals surface area contributed by atoms with Crippen molar-refractivity contribution in [3.63, 3.8) is 0 Å². The van der Waals surface area contributed by atoms with Gasteiger partial charge in [0.05, 0.1) is 5.52 Å². The zero-order valence-corrected chi connectivity index (χ0v) is 13.6. The maximum Gasteiger partial charge on any atom is 0.276 e. The summed E-state index contributed by atoms with van der Waals surface area (Å²) >= 11 is 3.38. The Labute approximate surface area is 140 Å². The SMILES string of the molecule is O=C(Nc1ccc(Br)cc1)c1nccc2c1[nH]c1ccccc12. The highest BCUT2D eigenvalue weighted by molar-refractivity contribution is 9.10. The van der Waals surface area contributed by atoms with E-state index in [1.807, 2.05) is 54.6 Å². The maximum absolute atomic E-state index is 12.6. The van der Waals surface area contributed by atoms with Crippen molar-refractivity contribution in [2.45, 2.75) is 0 Å². The smallest absolute Gasteiger partial charge is 0.276 e. The number of aromatic amines is 1. The summed E-state index contributed by atoms with van der Waals surface area (Å²) in [7, 11) is 0. The lowest BCUT2D eigenvalue weighted by Crippen LogP contribution is -2.14. The Morgan fingerprint density at radius 1 is 1.00 bits per heavy atom. The lowest BCUT2D eigenvalue weighted by atomic mass is 10.1. The van der Waals surface area contributed by atoms with Gasteiger partial charge < -0.3 is 10.3 Å². The highest BCUT2D eigenvalue weighted by Gasteiger charge is 2.15. The van der Waals surface area contributed by atoms with Crippen molar-refractivity contribution < 1.29 is 4.79 Å². The molecule has 0 saturated carbocycles. The lowest BCUT2D eigenvalue weighted by Gasteiger charge is -2.05. The summed E-state index contributed by atoms with van der Waals surface area (Å²) in [4.78, 5) is 20.1. The van der Waals surface area contributed by atoms with E-state index in [0.29, 0.717) is 5.69 Å². The van der Waals surface area contributed by atoms with Gasteiger partial charge in [-0.1, -0.05) is 34.1 Å². The third-order valence-corrected chi connectivity index (χ3v) is 4.27. The topological polar surface area (TPSA) is 57.8 Å². The highest BCUT2D eigenvalue weighted by Crippen LogP contribution is 2.26. The van der Waals surface area contributed by atoms with E-state index in [9.17, 15) is 4.79 Å². The molecule has 0 aliphatic heterocycles. The van der Waals surface area contributed by atoms with Crippen LogP contribution in [0.4, 0.5) is 5.69 Å². The molecule has 0 saturated heterocycles. The molecule has 0 atom stereocenters. The number of benzene rings is 2. The minimum absolute atomic E-state index is 0.232. The molecule has 2 N–H and O–H groups in total. The summed E-state index contributed by atoms with van der Waals surface area (Å²) in [5, 5.41) is 4.96. The van der Waals surface area contributed by atoms with Gasteiger partial charge >= 0.3 is 0 Å². The van der Waals surface area contributed by atoms with E-state index in [2.05, 4.69) is 31.2 Å². The van der Waals surface area contributed by atoms with Crippen LogP contribution in [0.25, 0.3) is 21.8 Å². The molecular formula is C18H12BrN3O. The van der Waals surface area contributed by atoms with Gasteiger partial charge in [-0.3, -0.25) is 4.79 Å². The van der Waals surface area contributed by atoms with Gasteiger partial charge in [-0.25, -0.2) is 4.98 Å². The van der Waals surface area contributed by atoms with Crippen molar-refractivity contribution in [3.05, 3.63) is 71.0 Å². The van der Waals surface area contributed by atoms with E-state index in [0.717, 1.165) is 32.0 Å². The number of rotatable bonds is 2. The lowest BCUT2D eigenvalue weighted by molar-refractivity contribution is 0.102. The van der Waals surface area contributed by atoms with Gasteiger partial charge in [-0.15, -0.1) is 0 Å². The molecule has 4 rings (SSSR count). The number of hydrogen-bond acceptors (Lipinski definition) is 2. The molecule has 4 nitrogen and oxygen atoms in total. The van der Waals surface area contributed by atoms with Crippen LogP contribution in [-0.4, -0.2) is 15.9 Å². The summed E-state index contributed by atoms with van der Waals surface area (Å²) in [5.41, 5.74) is 2.87. The number of amides is 1. The minimum Gasteiger partial charge on any atom is -0.353 e. The first-order valence-electron chi connectivity index (χ1n) is 7.15. The first kappa shape index (κ1) is 14.0. The molecule has 23 heavy (non-hydrogen) atoms. The predicted octanol–water partition coefficient (Wildman–Crippen LogP) is 4.73. The molecule has 0 radical (unpaired) electrons. The molecule has 0 bridgehead atoms. The van der Waals surface area contributed by atoms with Gasteiger partial charge in [-0.05, 0) is 36.4 Å². The van der Waals surface area contributed by atoms with E-state index in [4.69, 9.17) is 0 Å². The van der Waals surface area contributed by atoms with Crippen molar-refractivity contribution in [2.24, 2.45) is 0 Å². The Hall–Kier alpha value is -2.66. The van der Waals surface area contributed by atoms with E-state index < -0.39 is 0 Å². The van der Waals surface area contributed by atoms with E-state index >= 15 is 0 Å². The van der Waals surface area contributed by atoms with Crippen LogP contribution in [0.2, 0.25) is 0 Å². The molecule has 1 amide bonds. The van der Waals surface area contributed by atoms with Crippen molar-refractivity contribution in [1.82, 2.24) is 9.97 Å². The monoisotopic (exact) mass is 365 g/mol. The summed E-state index contributed by atoms with van der Waals surface area (Å²) in [6.45, 7) is 0. The van der Waals surface area contributed by atoms with Crippen LogP contribution in [-0.2, 0) is 0 Å². The van der Waals surface area contributed by atoms with Gasteiger partial charge in [0.2, 0.25) is 0 Å². The van der Waals surface area contributed by atoms with Crippen molar-refractivity contribution >= 4 is 49.3 Å². The number of fused-ring (bicyclic) bond motifs is 3. The summed E-state index contributed by atoms with van der Waals surface area (Å²) in [6.07, 6.45) is 1.67. The zero-order valence-electron chi connectivity index (χ0n) is 12.0. The summed E-state index contributed by atoms with van der Waals surface area (Å²) in [5.74, 6) is -0.232. The number of hydrogen-bond donors (Lipinski definition) is 2. The zero-order chi connectivity index (χ0) is 15.8. The van der Waals surface area contributed by atoms with Crippen LogP contribution in [0.5, 0.6) is 0 Å². The number of para-hydroxylation sites is 1. The fraction of sp³-hybridized carbons (Fsp3) is 0. The van der Waals surface area contributed by atoms with Gasteiger partial charge in [0.25, 0.3) is 5.91 Å². The van der Waals surface area contributed by atoms with Crippen molar-refractivity contribution in [2.75, 3.05) is 5.32 Å². The number of aromatic nitrogens is 2. The maximum atomic E-state index is 12.6. The molecule has 112 valence electrons. The molecule has 0 unspecified atom stereocenters. The second-order valence-corrected chi connectivity index (χ2v) is 6.13. The summed E-state index contributed by atoms with van der Waals surface area (Å²) in [6, 6.07) is 17.3. The molecule has 5 heteroatoms. The Morgan fingerprint density at radius 2 is 1.78 bits per heavy atom. The molecule has 2 aromatic heterocycles. The second-order valence-electron chi connectivity index (χ2n) is 5.21. The largest absolute Gasteiger partial charge is 0.353 e. The number of anilines is 1. The normalized spacial score (nSPS) is 11.0. The van der Waals surface area contributed by atoms with E-state index in [1.165, 1.54) is 0 Å². The number of nitrogens with zero attached hydrogens (tertiary/aromatic N) is 1. The van der Waals surface area contributed by atoms with Crippen LogP contribution in [0.3, 0.4) is 0 Å². The third kappa shape index (κ3) is 2.49. The molecule has 0 fully saturated rings.